The average molecular weight is 240 g/mol. The van der Waals surface area contributed by atoms with E-state index in [1.807, 2.05) is 0 Å². The summed E-state index contributed by atoms with van der Waals surface area (Å²) in [5.41, 5.74) is 0.566. The van der Waals surface area contributed by atoms with Crippen LogP contribution in [0.25, 0.3) is 0 Å². The highest BCUT2D eigenvalue weighted by Gasteiger charge is 2.47. The Kier molecular flexibility index (Phi) is 3.13. The van der Waals surface area contributed by atoms with Crippen LogP contribution in [0.4, 0.5) is 8.78 Å². The van der Waals surface area contributed by atoms with Crippen LogP contribution >= 0.6 is 0 Å². The van der Waals surface area contributed by atoms with Crippen molar-refractivity contribution in [3.63, 3.8) is 0 Å². The fourth-order valence-corrected chi connectivity index (χ4v) is 1.81. The fourth-order valence-electron chi connectivity index (χ4n) is 1.81. The van der Waals surface area contributed by atoms with E-state index in [1.165, 1.54) is 19.2 Å². The van der Waals surface area contributed by atoms with Crippen molar-refractivity contribution in [1.29, 1.82) is 0 Å². The molecule has 0 aliphatic heterocycles. The summed E-state index contributed by atoms with van der Waals surface area (Å²) >= 11 is 0. The van der Waals surface area contributed by atoms with Crippen LogP contribution in [0.3, 0.4) is 0 Å². The van der Waals surface area contributed by atoms with Crippen LogP contribution in [0.15, 0.2) is 24.3 Å². The van der Waals surface area contributed by atoms with Crippen molar-refractivity contribution >= 4 is 5.97 Å². The molecule has 1 fully saturated rings. The Morgan fingerprint density at radius 3 is 2.76 bits per heavy atom. The molecule has 0 bridgehead atoms. The van der Waals surface area contributed by atoms with Crippen LogP contribution in [0.5, 0.6) is 0 Å². The van der Waals surface area contributed by atoms with Crippen LogP contribution < -0.4 is 0 Å². The Hall–Kier alpha value is -1.45. The summed E-state index contributed by atoms with van der Waals surface area (Å²) in [5.74, 6) is -3.72. The van der Waals surface area contributed by atoms with Crippen LogP contribution in [-0.2, 0) is 21.9 Å². The third-order valence-corrected chi connectivity index (χ3v) is 2.98. The van der Waals surface area contributed by atoms with E-state index in [0.717, 1.165) is 0 Å². The van der Waals surface area contributed by atoms with Gasteiger partial charge in [-0.15, -0.1) is 0 Å². The second-order valence-electron chi connectivity index (χ2n) is 4.35. The fraction of sp³-hybridized carbons (Fsp3) is 0.462. The number of hydrogen-bond acceptors (Lipinski definition) is 2. The predicted molar refractivity (Wildman–Crippen MR) is 58.8 cm³/mol. The van der Waals surface area contributed by atoms with Gasteiger partial charge in [-0.1, -0.05) is 18.2 Å². The maximum absolute atomic E-state index is 13.8. The van der Waals surface area contributed by atoms with E-state index in [1.54, 1.807) is 12.1 Å². The van der Waals surface area contributed by atoms with Gasteiger partial charge in [-0.2, -0.15) is 0 Å². The molecule has 1 saturated carbocycles. The van der Waals surface area contributed by atoms with E-state index in [4.69, 9.17) is 0 Å². The Balaban J connectivity index is 2.19. The van der Waals surface area contributed by atoms with Gasteiger partial charge in [0.25, 0.3) is 5.92 Å². The zero-order valence-electron chi connectivity index (χ0n) is 9.58. The van der Waals surface area contributed by atoms with Gasteiger partial charge in [0.2, 0.25) is 0 Å². The normalized spacial score (nSPS) is 15.7. The number of alkyl halides is 2. The molecule has 0 spiro atoms. The molecule has 0 amide bonds. The van der Waals surface area contributed by atoms with Crippen LogP contribution in [-0.4, -0.2) is 13.1 Å². The summed E-state index contributed by atoms with van der Waals surface area (Å²) in [7, 11) is 1.28. The molecular formula is C13H14F2O2. The van der Waals surface area contributed by atoms with Crippen molar-refractivity contribution < 1.29 is 18.3 Å². The molecule has 1 aliphatic rings. The number of esters is 1. The summed E-state index contributed by atoms with van der Waals surface area (Å²) in [5, 5.41) is 0. The van der Waals surface area contributed by atoms with E-state index in [-0.39, 0.29) is 12.0 Å². The standard InChI is InChI=1S/C13H14F2O2/c1-17-12(16)8-9-3-2-4-11(7-9)13(14,15)10-5-6-10/h2-4,7,10H,5-6,8H2,1H3. The average Bonchev–Trinajstić information content (AvgIpc) is 3.13. The minimum Gasteiger partial charge on any atom is -0.469 e. The number of carbonyl (C=O) groups excluding carboxylic acids is 1. The van der Waals surface area contributed by atoms with Gasteiger partial charge in [0.15, 0.2) is 0 Å². The van der Waals surface area contributed by atoms with Gasteiger partial charge in [-0.05, 0) is 24.5 Å². The number of hydrogen-bond donors (Lipinski definition) is 0. The summed E-state index contributed by atoms with van der Waals surface area (Å²) < 4.78 is 32.2. The van der Waals surface area contributed by atoms with Crippen molar-refractivity contribution in [2.75, 3.05) is 7.11 Å². The van der Waals surface area contributed by atoms with Gasteiger partial charge < -0.3 is 4.74 Å². The highest BCUT2D eigenvalue weighted by molar-refractivity contribution is 5.72. The molecule has 2 rings (SSSR count). The van der Waals surface area contributed by atoms with Crippen molar-refractivity contribution in [2.45, 2.75) is 25.2 Å². The first-order valence-corrected chi connectivity index (χ1v) is 5.58. The maximum atomic E-state index is 13.8. The molecule has 0 N–H and O–H groups in total. The van der Waals surface area contributed by atoms with E-state index in [9.17, 15) is 13.6 Å². The lowest BCUT2D eigenvalue weighted by atomic mass is 10.0. The zero-order chi connectivity index (χ0) is 12.5. The van der Waals surface area contributed by atoms with Gasteiger partial charge in [-0.25, -0.2) is 8.78 Å². The SMILES string of the molecule is COC(=O)Cc1cccc(C(F)(F)C2CC2)c1. The van der Waals surface area contributed by atoms with Gasteiger partial charge in [0.1, 0.15) is 0 Å². The number of ether oxygens (including phenoxy) is 1. The maximum Gasteiger partial charge on any atom is 0.309 e. The molecule has 0 unspecified atom stereocenters. The topological polar surface area (TPSA) is 26.3 Å². The van der Waals surface area contributed by atoms with E-state index < -0.39 is 17.8 Å². The van der Waals surface area contributed by atoms with E-state index in [2.05, 4.69) is 4.74 Å². The van der Waals surface area contributed by atoms with Crippen molar-refractivity contribution in [2.24, 2.45) is 5.92 Å². The van der Waals surface area contributed by atoms with Crippen molar-refractivity contribution in [3.8, 4) is 0 Å². The third kappa shape index (κ3) is 2.62. The van der Waals surface area contributed by atoms with Gasteiger partial charge in [0.05, 0.1) is 13.5 Å². The van der Waals surface area contributed by atoms with E-state index >= 15 is 0 Å². The largest absolute Gasteiger partial charge is 0.469 e. The molecule has 17 heavy (non-hydrogen) atoms. The summed E-state index contributed by atoms with van der Waals surface area (Å²) in [6.45, 7) is 0. The molecule has 92 valence electrons. The Morgan fingerprint density at radius 1 is 1.47 bits per heavy atom. The minimum absolute atomic E-state index is 0.00130. The highest BCUT2D eigenvalue weighted by Crippen LogP contribution is 2.49. The van der Waals surface area contributed by atoms with E-state index in [0.29, 0.717) is 18.4 Å². The third-order valence-electron chi connectivity index (χ3n) is 2.98. The molecule has 0 atom stereocenters. The molecule has 2 nitrogen and oxygen atoms in total. The van der Waals surface area contributed by atoms with Crippen molar-refractivity contribution in [1.82, 2.24) is 0 Å². The summed E-state index contributed by atoms with van der Waals surface area (Å²) in [4.78, 5) is 11.1. The number of rotatable bonds is 4. The molecule has 4 heteroatoms. The number of methoxy groups -OCH3 is 1. The zero-order valence-corrected chi connectivity index (χ0v) is 9.58. The Labute approximate surface area is 98.6 Å². The first-order valence-electron chi connectivity index (χ1n) is 5.58. The van der Waals surface area contributed by atoms with Crippen LogP contribution in [0, 0.1) is 5.92 Å². The number of carbonyl (C=O) groups is 1. The van der Waals surface area contributed by atoms with Crippen LogP contribution in [0.2, 0.25) is 0 Å². The first kappa shape index (κ1) is 12.0. The molecular weight excluding hydrogens is 226 g/mol. The van der Waals surface area contributed by atoms with Gasteiger partial charge in [0, 0.05) is 11.5 Å². The molecule has 0 saturated heterocycles. The lowest BCUT2D eigenvalue weighted by Gasteiger charge is -2.16. The number of benzene rings is 1. The van der Waals surface area contributed by atoms with Crippen molar-refractivity contribution in [3.05, 3.63) is 35.4 Å². The first-order chi connectivity index (χ1) is 8.04. The van der Waals surface area contributed by atoms with Crippen LogP contribution in [0.1, 0.15) is 24.0 Å². The smallest absolute Gasteiger partial charge is 0.309 e. The molecule has 0 radical (unpaired) electrons. The van der Waals surface area contributed by atoms with Gasteiger partial charge in [-0.3, -0.25) is 4.79 Å². The lowest BCUT2D eigenvalue weighted by Crippen LogP contribution is -2.16. The van der Waals surface area contributed by atoms with Gasteiger partial charge >= 0.3 is 5.97 Å². The quantitative estimate of drug-likeness (QED) is 0.756. The summed E-state index contributed by atoms with van der Waals surface area (Å²) in [6.07, 6.45) is 1.19. The second-order valence-corrected chi connectivity index (χ2v) is 4.35. The Bertz CT molecular complexity index is 425. The predicted octanol–water partition coefficient (Wildman–Crippen LogP) is 2.90. The molecule has 1 aliphatic carbocycles. The molecule has 0 aromatic heterocycles. The monoisotopic (exact) mass is 240 g/mol. The minimum atomic E-state index is -2.77. The highest BCUT2D eigenvalue weighted by atomic mass is 19.3. The lowest BCUT2D eigenvalue weighted by molar-refractivity contribution is -0.139. The Morgan fingerprint density at radius 2 is 2.18 bits per heavy atom. The summed E-state index contributed by atoms with van der Waals surface area (Å²) in [6, 6.07) is 6.03. The molecule has 1 aromatic rings. The number of halogens is 2. The molecule has 1 aromatic carbocycles. The second kappa shape index (κ2) is 4.43. The molecule has 0 heterocycles.